The maximum absolute atomic E-state index is 3.44. The predicted molar refractivity (Wildman–Crippen MR) is 51.6 cm³/mol. The van der Waals surface area contributed by atoms with Crippen LogP contribution in [0.15, 0.2) is 0 Å². The molecule has 3 heteroatoms. The topological polar surface area (TPSA) is 18.3 Å². The van der Waals surface area contributed by atoms with Gasteiger partial charge in [-0.3, -0.25) is 14.8 Å². The third-order valence-corrected chi connectivity index (χ3v) is 2.47. The highest BCUT2D eigenvalue weighted by Gasteiger charge is 2.27. The zero-order valence-electron chi connectivity index (χ0n) is 7.14. The van der Waals surface area contributed by atoms with Gasteiger partial charge in [0.15, 0.2) is 0 Å². The normalized spacial score (nSPS) is 22.6. The second-order valence-electron chi connectivity index (χ2n) is 3.37. The van der Waals surface area contributed by atoms with Gasteiger partial charge in [-0.05, 0) is 0 Å². The molecular weight excluding hydrogens is 150 g/mol. The maximum Gasteiger partial charge on any atom is 0.347 e. The Morgan fingerprint density at radius 2 is 2.08 bits per heavy atom. The fraction of sp³-hybridized carbons (Fsp3) is 0.889. The molecule has 0 aromatic heterocycles. The second kappa shape index (κ2) is 3.78. The Labute approximate surface area is 75.1 Å². The number of nitrogens with one attached hydrogen (secondary N) is 1. The number of hydrogen-bond acceptors (Lipinski definition) is 2. The quantitative estimate of drug-likeness (QED) is 0.528. The lowest BCUT2D eigenvalue weighted by atomic mass is 10.2. The summed E-state index contributed by atoms with van der Waals surface area (Å²) < 4.78 is 2.32. The number of guanidine groups is 1. The lowest BCUT2D eigenvalue weighted by molar-refractivity contribution is -0.511. The van der Waals surface area contributed by atoms with Crippen LogP contribution >= 0.6 is 0 Å². The van der Waals surface area contributed by atoms with E-state index in [4.69, 9.17) is 0 Å². The number of rotatable bonds is 0. The van der Waals surface area contributed by atoms with Crippen LogP contribution in [0.1, 0.15) is 20.3 Å². The second-order valence-corrected chi connectivity index (χ2v) is 3.37. The summed E-state index contributed by atoms with van der Waals surface area (Å²) in [6, 6.07) is 0. The molecule has 1 saturated heterocycles. The van der Waals surface area contributed by atoms with Gasteiger partial charge in [-0.15, -0.1) is 0 Å². The van der Waals surface area contributed by atoms with Crippen LogP contribution in [0, 0.1) is 0 Å². The molecule has 0 atom stereocenters. The molecule has 0 aliphatic carbocycles. The Kier molecular flexibility index (Phi) is 2.95. The average molecular weight is 170 g/mol. The lowest BCUT2D eigenvalue weighted by Gasteiger charge is -2.29. The van der Waals surface area contributed by atoms with Gasteiger partial charge < -0.3 is 0 Å². The number of hydrogen-bond donors (Lipinski definition) is 1. The average Bonchev–Trinajstić information content (AvgIpc) is 2.06. The Morgan fingerprint density at radius 1 is 1.33 bits per heavy atom. The summed E-state index contributed by atoms with van der Waals surface area (Å²) in [6.07, 6.45) is 2.60. The van der Waals surface area contributed by atoms with E-state index in [0.717, 1.165) is 6.54 Å². The predicted octanol–water partition coefficient (Wildman–Crippen LogP) is 0.320. The first-order valence-electron chi connectivity index (χ1n) is 4.45. The van der Waals surface area contributed by atoms with Crippen LogP contribution in [0.4, 0.5) is 0 Å². The van der Waals surface area contributed by atoms with Crippen molar-refractivity contribution in [3.05, 3.63) is 0 Å². The fourth-order valence-corrected chi connectivity index (χ4v) is 1.89. The molecule has 2 aliphatic heterocycles. The van der Waals surface area contributed by atoms with Crippen molar-refractivity contribution in [2.24, 2.45) is 0 Å². The molecule has 2 rings (SSSR count). The van der Waals surface area contributed by atoms with Gasteiger partial charge in [-0.1, -0.05) is 7.43 Å². The van der Waals surface area contributed by atoms with Gasteiger partial charge in [-0.2, -0.15) is 0 Å². The van der Waals surface area contributed by atoms with Gasteiger partial charge >= 0.3 is 5.96 Å². The first kappa shape index (κ1) is 9.36. The van der Waals surface area contributed by atoms with Crippen LogP contribution in [0.2, 0.25) is 0 Å². The van der Waals surface area contributed by atoms with Crippen LogP contribution in [-0.4, -0.2) is 48.7 Å². The van der Waals surface area contributed by atoms with Crippen LogP contribution in [0.25, 0.3) is 0 Å². The molecule has 1 fully saturated rings. The minimum Gasteiger partial charge on any atom is -0.278 e. The molecule has 2 heterocycles. The molecule has 12 heavy (non-hydrogen) atoms. The maximum atomic E-state index is 3.44. The van der Waals surface area contributed by atoms with Gasteiger partial charge in [0.25, 0.3) is 0 Å². The van der Waals surface area contributed by atoms with E-state index in [-0.39, 0.29) is 7.43 Å². The third-order valence-electron chi connectivity index (χ3n) is 2.47. The minimum absolute atomic E-state index is 0. The largest absolute Gasteiger partial charge is 0.347 e. The number of fused-ring (bicyclic) bond motifs is 1. The van der Waals surface area contributed by atoms with E-state index >= 15 is 0 Å². The first-order valence-corrected chi connectivity index (χ1v) is 4.45. The molecule has 0 radical (unpaired) electrons. The highest BCUT2D eigenvalue weighted by molar-refractivity contribution is 5.75. The van der Waals surface area contributed by atoms with Crippen molar-refractivity contribution in [3.63, 3.8) is 0 Å². The molecule has 0 aromatic rings. The molecule has 3 nitrogen and oxygen atoms in total. The molecule has 0 amide bonds. The number of nitrogens with zero attached hydrogens (tertiary/aromatic N) is 2. The molecule has 0 spiro atoms. The molecular formula is C9H20N3+. The summed E-state index contributed by atoms with van der Waals surface area (Å²) in [5.74, 6) is 1.35. The van der Waals surface area contributed by atoms with Gasteiger partial charge in [0, 0.05) is 12.8 Å². The molecule has 1 N–H and O–H groups in total. The van der Waals surface area contributed by atoms with Gasteiger partial charge in [0.1, 0.15) is 0 Å². The van der Waals surface area contributed by atoms with E-state index in [0.29, 0.717) is 0 Å². The fourth-order valence-electron chi connectivity index (χ4n) is 1.89. The van der Waals surface area contributed by atoms with Crippen LogP contribution < -0.4 is 5.32 Å². The molecule has 0 aromatic carbocycles. The summed E-state index contributed by atoms with van der Waals surface area (Å²) in [5.41, 5.74) is 0. The van der Waals surface area contributed by atoms with Crippen molar-refractivity contribution >= 4 is 5.96 Å². The highest BCUT2D eigenvalue weighted by atomic mass is 15.4. The summed E-state index contributed by atoms with van der Waals surface area (Å²) in [5, 5.41) is 3.44. The molecule has 0 unspecified atom stereocenters. The lowest BCUT2D eigenvalue weighted by Crippen LogP contribution is -2.54. The van der Waals surface area contributed by atoms with Crippen LogP contribution in [0.5, 0.6) is 0 Å². The van der Waals surface area contributed by atoms with E-state index in [1.54, 1.807) is 0 Å². The summed E-state index contributed by atoms with van der Waals surface area (Å²) in [7, 11) is 2.17. The van der Waals surface area contributed by atoms with E-state index in [1.807, 2.05) is 0 Å². The Balaban J connectivity index is 0.000000720. The van der Waals surface area contributed by atoms with Crippen molar-refractivity contribution in [1.82, 2.24) is 10.2 Å². The van der Waals surface area contributed by atoms with E-state index in [1.165, 1.54) is 38.4 Å². The molecule has 70 valence electrons. The van der Waals surface area contributed by atoms with Crippen molar-refractivity contribution in [3.8, 4) is 0 Å². The van der Waals surface area contributed by atoms with E-state index in [9.17, 15) is 0 Å². The molecule has 0 bridgehead atoms. The Morgan fingerprint density at radius 3 is 2.83 bits per heavy atom. The highest BCUT2D eigenvalue weighted by Crippen LogP contribution is 2.04. The van der Waals surface area contributed by atoms with E-state index < -0.39 is 0 Å². The van der Waals surface area contributed by atoms with Crippen LogP contribution in [0.3, 0.4) is 0 Å². The van der Waals surface area contributed by atoms with Crippen molar-refractivity contribution in [1.29, 1.82) is 0 Å². The summed E-state index contributed by atoms with van der Waals surface area (Å²) >= 11 is 0. The van der Waals surface area contributed by atoms with Crippen molar-refractivity contribution in [2.45, 2.75) is 20.3 Å². The van der Waals surface area contributed by atoms with Gasteiger partial charge in [0.2, 0.25) is 0 Å². The van der Waals surface area contributed by atoms with Crippen LogP contribution in [-0.2, 0) is 0 Å². The van der Waals surface area contributed by atoms with Gasteiger partial charge in [0.05, 0.1) is 33.2 Å². The smallest absolute Gasteiger partial charge is 0.278 e. The van der Waals surface area contributed by atoms with Gasteiger partial charge in [-0.25, -0.2) is 0 Å². The zero-order chi connectivity index (χ0) is 7.68. The minimum atomic E-state index is 0. The Bertz CT molecular complexity index is 186. The van der Waals surface area contributed by atoms with Crippen molar-refractivity contribution in [2.75, 3.05) is 33.2 Å². The SMILES string of the molecule is C.C[N+]1=C2NCCCN2CCC1. The van der Waals surface area contributed by atoms with E-state index in [2.05, 4.69) is 21.8 Å². The zero-order valence-corrected chi connectivity index (χ0v) is 7.14. The summed E-state index contributed by atoms with van der Waals surface area (Å²) in [4.78, 5) is 2.45. The summed E-state index contributed by atoms with van der Waals surface area (Å²) in [6.45, 7) is 4.84. The third kappa shape index (κ3) is 1.54. The van der Waals surface area contributed by atoms with Crippen molar-refractivity contribution < 1.29 is 4.58 Å². The monoisotopic (exact) mass is 170 g/mol. The molecule has 2 aliphatic rings. The standard InChI is InChI=1S/C8H15N3.CH4/c1-10-5-3-7-11-6-2-4-9-8(10)11;/h2-7H2,1H3;1H4/p+1. The first-order chi connectivity index (χ1) is 5.38. The molecule has 0 saturated carbocycles. The Hall–Kier alpha value is -0.730.